The number of aromatic hydroxyl groups is 1. The summed E-state index contributed by atoms with van der Waals surface area (Å²) in [5, 5.41) is 54.5. The Morgan fingerprint density at radius 2 is 1.70 bits per heavy atom. The molecule has 4 saturated heterocycles. The van der Waals surface area contributed by atoms with E-state index in [0.29, 0.717) is 44.1 Å². The highest BCUT2D eigenvalue weighted by atomic mass is 19.1. The molecule has 2 unspecified atom stereocenters. The number of aliphatic hydroxyl groups excluding tert-OH is 3. The van der Waals surface area contributed by atoms with E-state index in [1.54, 1.807) is 52.0 Å². The molecule has 5 aliphatic heterocycles. The number of hydrogen-bond donors (Lipinski definition) is 8. The maximum atomic E-state index is 15.4. The van der Waals surface area contributed by atoms with E-state index in [9.17, 15) is 48.8 Å². The largest absolute Gasteiger partial charge is 0.503 e. The van der Waals surface area contributed by atoms with Gasteiger partial charge in [-0.05, 0) is 87.8 Å². The Hall–Kier alpha value is -5.09. The lowest BCUT2D eigenvalue weighted by Crippen LogP contribution is -2.71. The smallest absolute Gasteiger partial charge is 0.325 e. The first-order valence-corrected chi connectivity index (χ1v) is 29.2. The van der Waals surface area contributed by atoms with E-state index in [2.05, 4.69) is 28.3 Å². The molecule has 1 spiro atoms. The number of phenols is 1. The first-order chi connectivity index (χ1) is 38.3. The number of piperidine rings is 1. The van der Waals surface area contributed by atoms with Crippen molar-refractivity contribution in [1.29, 1.82) is 0 Å². The highest BCUT2D eigenvalue weighted by Crippen LogP contribution is 2.46. The van der Waals surface area contributed by atoms with Gasteiger partial charge in [0.15, 0.2) is 23.2 Å². The Kier molecular flexibility index (Phi) is 22.9. The van der Waals surface area contributed by atoms with E-state index >= 15 is 4.39 Å². The molecule has 81 heavy (non-hydrogen) atoms. The number of halogens is 2. The van der Waals surface area contributed by atoms with Crippen molar-refractivity contribution in [2.75, 3.05) is 13.7 Å². The third-order valence-electron chi connectivity index (χ3n) is 18.0. The fourth-order valence-electron chi connectivity index (χ4n) is 12.1. The third-order valence-corrected chi connectivity index (χ3v) is 18.0. The van der Waals surface area contributed by atoms with Crippen molar-refractivity contribution < 1.29 is 72.1 Å². The van der Waals surface area contributed by atoms with Crippen molar-refractivity contribution in [3.63, 3.8) is 0 Å². The number of hydrazine groups is 1. The minimum atomic E-state index is -1.55. The number of carbonyl (C=O) groups excluding carboxylic acids is 5. The number of carbonyl (C=O) groups is 5. The van der Waals surface area contributed by atoms with Crippen LogP contribution in [0.2, 0.25) is 0 Å². The zero-order chi connectivity index (χ0) is 59.7. The molecule has 0 aromatic heterocycles. The van der Waals surface area contributed by atoms with Gasteiger partial charge >= 0.3 is 5.97 Å². The summed E-state index contributed by atoms with van der Waals surface area (Å²) in [6, 6.07) is -1.91. The zero-order valence-electron chi connectivity index (χ0n) is 49.2. The summed E-state index contributed by atoms with van der Waals surface area (Å²) in [6.45, 7) is 18.6. The molecular formula is C61H91F2N5O13. The molecule has 0 radical (unpaired) electrons. The molecule has 4 amide bonds. The van der Waals surface area contributed by atoms with Crippen LogP contribution in [0, 0.1) is 59.0 Å². The number of nitrogens with one attached hydrogen (secondary N) is 4. The van der Waals surface area contributed by atoms with Crippen LogP contribution in [-0.4, -0.2) is 135 Å². The number of cyclic esters (lactones) is 1. The monoisotopic (exact) mass is 1140 g/mol. The van der Waals surface area contributed by atoms with Crippen molar-refractivity contribution in [3.8, 4) is 5.75 Å². The Morgan fingerprint density at radius 1 is 0.975 bits per heavy atom. The molecule has 20 heteroatoms. The summed E-state index contributed by atoms with van der Waals surface area (Å²) < 4.78 is 54.7. The highest BCUT2D eigenvalue weighted by molar-refractivity contribution is 5.93. The molecule has 18 atom stereocenters. The molecule has 4 fully saturated rings. The molecule has 2 bridgehead atoms. The molecule has 1 aromatic carbocycles. The number of esters is 1. The maximum Gasteiger partial charge on any atom is 0.325 e. The SMILES string of the molecule is CC[C@H]1C[C@H](C)[C@@]2(NC1=O)O[C@@H](C[C@H](O)[C@@H](C)CC/C=C/C=C(\C)[C@@H]1C/C=C/C=C/[C@H](O)[C@H](C)[C@H]3OC(C)(OC)CC[C@H]3C(=O)N[C@@H](C(C)C)C(=O)N[C@@H](Cc3ccc(F)c(O)c3F)C(=O)N3CCCC(N3)C(=O)O1)[C@H](C)[C@H](O)[C@@H]2C. The molecule has 18 nitrogen and oxygen atoms in total. The second-order valence-corrected chi connectivity index (χ2v) is 24.1. The molecule has 6 rings (SSSR count). The standard InChI is InChI=1S/C61H91F2N5O13/c1-12-40-30-36(6)61(66-55(40)73)39(9)52(71)38(8)49(80-61)32-47(70)34(4)20-15-13-16-21-35(5)48-24-18-14-17-23-46(69)37(7)54-42(27-28-60(10,78-11)81-54)56(74)65-51(33(2)3)57(75)64-45(31-41-25-26-43(62)53(72)50(41)63)58(76)68-29-19-22-44(67-68)59(77)79-48/h13-14,16-18,21,23,25-26,33-34,36-40,42,44-49,51-52,54,67,69-72H,12,15,19-20,22,24,27-32H2,1-11H3,(H,64,75)(H,65,74)(H,66,73)/b16-13+,18-14+,23-17+,35-21+/t34-,36-,37-,38-,39-,40-,42+,44?,45-,46-,47-,48-,49-,51-,52-,54+,60?,61+/m0/s1. The van der Waals surface area contributed by atoms with Crippen LogP contribution in [0.5, 0.6) is 5.75 Å². The van der Waals surface area contributed by atoms with E-state index < -0.39 is 132 Å². The Labute approximate surface area is 476 Å². The topological polar surface area (TPSA) is 255 Å². The summed E-state index contributed by atoms with van der Waals surface area (Å²) in [5.41, 5.74) is 2.33. The van der Waals surface area contributed by atoms with Gasteiger partial charge in [-0.2, -0.15) is 0 Å². The van der Waals surface area contributed by atoms with E-state index in [4.69, 9.17) is 18.9 Å². The predicted octanol–water partition coefficient (Wildman–Crippen LogP) is 6.50. The number of fused-ring (bicyclic) bond motifs is 3. The number of ether oxygens (including phenoxy) is 4. The maximum absolute atomic E-state index is 15.4. The van der Waals surface area contributed by atoms with Crippen molar-refractivity contribution >= 4 is 29.6 Å². The van der Waals surface area contributed by atoms with Gasteiger partial charge in [0.05, 0.1) is 36.4 Å². The Morgan fingerprint density at radius 3 is 2.40 bits per heavy atom. The van der Waals surface area contributed by atoms with Crippen LogP contribution in [-0.2, 0) is 49.3 Å². The van der Waals surface area contributed by atoms with E-state index in [1.165, 1.54) is 7.11 Å². The van der Waals surface area contributed by atoms with Gasteiger partial charge in [-0.1, -0.05) is 104 Å². The molecule has 0 saturated carbocycles. The second-order valence-electron chi connectivity index (χ2n) is 24.1. The molecule has 452 valence electrons. The minimum absolute atomic E-state index is 0.0356. The number of allylic oxidation sites excluding steroid dienone is 5. The predicted molar refractivity (Wildman–Crippen MR) is 299 cm³/mol. The molecule has 8 N–H and O–H groups in total. The first-order valence-electron chi connectivity index (χ1n) is 29.2. The number of phenolic OH excluding ortho intramolecular Hbond substituents is 1. The second kappa shape index (κ2) is 28.5. The van der Waals surface area contributed by atoms with E-state index in [1.807, 2.05) is 52.8 Å². The first kappa shape index (κ1) is 65.1. The van der Waals surface area contributed by atoms with Gasteiger partial charge in [-0.3, -0.25) is 29.0 Å². The summed E-state index contributed by atoms with van der Waals surface area (Å²) in [4.78, 5) is 70.5. The van der Waals surface area contributed by atoms with E-state index in [-0.39, 0.29) is 73.3 Å². The van der Waals surface area contributed by atoms with Crippen LogP contribution in [0.15, 0.2) is 60.2 Å². The van der Waals surface area contributed by atoms with Crippen LogP contribution >= 0.6 is 0 Å². The van der Waals surface area contributed by atoms with Gasteiger partial charge in [0.25, 0.3) is 5.91 Å². The van der Waals surface area contributed by atoms with Crippen LogP contribution in [0.3, 0.4) is 0 Å². The van der Waals surface area contributed by atoms with Crippen molar-refractivity contribution in [1.82, 2.24) is 26.4 Å². The van der Waals surface area contributed by atoms with Crippen LogP contribution < -0.4 is 21.4 Å². The minimum Gasteiger partial charge on any atom is -0.503 e. The lowest BCUT2D eigenvalue weighted by atomic mass is 9.69. The Bertz CT molecular complexity index is 2490. The lowest BCUT2D eigenvalue weighted by Gasteiger charge is -2.56. The number of rotatable bonds is 13. The quantitative estimate of drug-likeness (QED) is 0.0776. The Balaban J connectivity index is 1.22. The van der Waals surface area contributed by atoms with Gasteiger partial charge in [-0.25, -0.2) is 14.2 Å². The summed E-state index contributed by atoms with van der Waals surface area (Å²) in [5.74, 6) is -10.7. The molecule has 1 aromatic rings. The van der Waals surface area contributed by atoms with Gasteiger partial charge in [0.2, 0.25) is 17.7 Å². The fraction of sp³-hybridized carbons (Fsp3) is 0.689. The van der Waals surface area contributed by atoms with Crippen LogP contribution in [0.1, 0.15) is 139 Å². The lowest BCUT2D eigenvalue weighted by molar-refractivity contribution is -0.280. The summed E-state index contributed by atoms with van der Waals surface area (Å²) in [7, 11) is 1.49. The van der Waals surface area contributed by atoms with Gasteiger partial charge in [0, 0.05) is 68.9 Å². The molecular weight excluding hydrogens is 1050 g/mol. The number of nitrogens with zero attached hydrogens (tertiary/aromatic N) is 1. The zero-order valence-corrected chi connectivity index (χ0v) is 49.2. The van der Waals surface area contributed by atoms with E-state index in [0.717, 1.165) is 17.1 Å². The third kappa shape index (κ3) is 15.6. The number of methoxy groups -OCH3 is 1. The number of aliphatic hydroxyl groups is 3. The normalized spacial score (nSPS) is 36.8. The number of hydrogen-bond acceptors (Lipinski definition) is 14. The average Bonchev–Trinajstić information content (AvgIpc) is 3.63. The van der Waals surface area contributed by atoms with Crippen LogP contribution in [0.25, 0.3) is 0 Å². The van der Waals surface area contributed by atoms with Gasteiger partial charge in [-0.15, -0.1) is 0 Å². The molecule has 0 aliphatic carbocycles. The summed E-state index contributed by atoms with van der Waals surface area (Å²) >= 11 is 0. The molecule has 5 aliphatic rings. The average molecular weight is 1140 g/mol. The molecule has 5 heterocycles. The number of benzene rings is 1. The highest BCUT2D eigenvalue weighted by Gasteiger charge is 2.57. The van der Waals surface area contributed by atoms with Gasteiger partial charge in [0.1, 0.15) is 30.0 Å². The summed E-state index contributed by atoms with van der Waals surface area (Å²) in [6.07, 6.45) is 11.3. The van der Waals surface area contributed by atoms with Crippen LogP contribution in [0.4, 0.5) is 8.78 Å². The van der Waals surface area contributed by atoms with Gasteiger partial charge < -0.3 is 55.3 Å². The van der Waals surface area contributed by atoms with Crippen molar-refractivity contribution in [2.24, 2.45) is 47.3 Å². The van der Waals surface area contributed by atoms with Crippen molar-refractivity contribution in [2.45, 2.75) is 206 Å². The number of amides is 4. The van der Waals surface area contributed by atoms with Crippen molar-refractivity contribution in [3.05, 3.63) is 77.4 Å². The fourth-order valence-corrected chi connectivity index (χ4v) is 12.1.